The third-order valence-electron chi connectivity index (χ3n) is 4.83. The molecule has 2 aromatic carbocycles. The number of hydrogen-bond donors (Lipinski definition) is 1. The number of amides is 1. The van der Waals surface area contributed by atoms with Crippen LogP contribution >= 0.6 is 0 Å². The van der Waals surface area contributed by atoms with Crippen LogP contribution in [0.2, 0.25) is 0 Å². The highest BCUT2D eigenvalue weighted by Gasteiger charge is 2.23. The molecule has 0 saturated heterocycles. The van der Waals surface area contributed by atoms with E-state index in [-0.39, 0.29) is 23.7 Å². The summed E-state index contributed by atoms with van der Waals surface area (Å²) < 4.78 is 11.1. The number of aryl methyl sites for hydroxylation is 1. The van der Waals surface area contributed by atoms with E-state index < -0.39 is 0 Å². The number of nitrogens with one attached hydrogen (secondary N) is 1. The van der Waals surface area contributed by atoms with Crippen LogP contribution in [0, 0.1) is 18.3 Å². The quantitative estimate of drug-likeness (QED) is 0.634. The Bertz CT molecular complexity index is 1030. The van der Waals surface area contributed by atoms with Crippen LogP contribution < -0.4 is 10.1 Å². The topological polar surface area (TPSA) is 75.3 Å². The van der Waals surface area contributed by atoms with Gasteiger partial charge < -0.3 is 14.5 Å². The molecule has 148 valence electrons. The molecule has 3 aromatic rings. The molecule has 1 aromatic heterocycles. The maximum absolute atomic E-state index is 12.7. The summed E-state index contributed by atoms with van der Waals surface area (Å²) in [6, 6.07) is 19.0. The zero-order chi connectivity index (χ0) is 20.9. The van der Waals surface area contributed by atoms with Crippen LogP contribution in [0.15, 0.2) is 65.3 Å². The lowest BCUT2D eigenvalue weighted by molar-refractivity contribution is 0.0914. The van der Waals surface area contributed by atoms with Crippen molar-refractivity contribution in [3.8, 4) is 11.8 Å². The SMILES string of the molecule is Cc1ccc(C(C)(C)CNC(=O)c2occc2COc2cccc(C#N)c2)cc1. The average Bonchev–Trinajstić information content (AvgIpc) is 3.20. The summed E-state index contributed by atoms with van der Waals surface area (Å²) in [7, 11) is 0. The molecule has 29 heavy (non-hydrogen) atoms. The monoisotopic (exact) mass is 388 g/mol. The molecular weight excluding hydrogens is 364 g/mol. The summed E-state index contributed by atoms with van der Waals surface area (Å²) in [6.45, 7) is 6.88. The van der Waals surface area contributed by atoms with E-state index in [1.165, 1.54) is 11.8 Å². The van der Waals surface area contributed by atoms with Gasteiger partial charge in [-0.25, -0.2) is 0 Å². The second kappa shape index (κ2) is 8.66. The molecule has 1 heterocycles. The molecule has 0 fully saturated rings. The van der Waals surface area contributed by atoms with Crippen molar-refractivity contribution in [2.24, 2.45) is 0 Å². The van der Waals surface area contributed by atoms with Crippen LogP contribution in [0.25, 0.3) is 0 Å². The van der Waals surface area contributed by atoms with Gasteiger partial charge in [0.25, 0.3) is 5.91 Å². The van der Waals surface area contributed by atoms with Crippen LogP contribution in [0.4, 0.5) is 0 Å². The summed E-state index contributed by atoms with van der Waals surface area (Å²) >= 11 is 0. The van der Waals surface area contributed by atoms with Crippen molar-refractivity contribution in [3.63, 3.8) is 0 Å². The van der Waals surface area contributed by atoms with E-state index in [9.17, 15) is 4.79 Å². The lowest BCUT2D eigenvalue weighted by atomic mass is 9.84. The number of hydrogen-bond acceptors (Lipinski definition) is 4. The second-order valence-electron chi connectivity index (χ2n) is 7.64. The minimum absolute atomic E-state index is 0.176. The number of benzene rings is 2. The van der Waals surface area contributed by atoms with Gasteiger partial charge in [0.05, 0.1) is 17.9 Å². The van der Waals surface area contributed by atoms with Crippen molar-refractivity contribution in [2.45, 2.75) is 32.8 Å². The Morgan fingerprint density at radius 1 is 1.17 bits per heavy atom. The zero-order valence-electron chi connectivity index (χ0n) is 16.9. The van der Waals surface area contributed by atoms with Crippen molar-refractivity contribution in [2.75, 3.05) is 6.54 Å². The largest absolute Gasteiger partial charge is 0.489 e. The standard InChI is InChI=1S/C24H24N2O3/c1-17-7-9-20(10-8-17)24(2,3)16-26-23(27)22-19(11-12-28-22)15-29-21-6-4-5-18(13-21)14-25/h4-13H,15-16H2,1-3H3,(H,26,27). The number of rotatable bonds is 7. The van der Waals surface area contributed by atoms with Gasteiger partial charge in [0.15, 0.2) is 5.76 Å². The van der Waals surface area contributed by atoms with Gasteiger partial charge >= 0.3 is 0 Å². The molecule has 1 amide bonds. The fraction of sp³-hybridized carbons (Fsp3) is 0.250. The smallest absolute Gasteiger partial charge is 0.287 e. The average molecular weight is 388 g/mol. The van der Waals surface area contributed by atoms with Gasteiger partial charge in [-0.3, -0.25) is 4.79 Å². The van der Waals surface area contributed by atoms with Gasteiger partial charge in [-0.05, 0) is 36.8 Å². The molecule has 0 atom stereocenters. The summed E-state index contributed by atoms with van der Waals surface area (Å²) in [5, 5.41) is 11.9. The number of furan rings is 1. The number of nitrogens with zero attached hydrogens (tertiary/aromatic N) is 1. The minimum Gasteiger partial charge on any atom is -0.489 e. The third-order valence-corrected chi connectivity index (χ3v) is 4.83. The van der Waals surface area contributed by atoms with Crippen LogP contribution in [0.3, 0.4) is 0 Å². The predicted molar refractivity (Wildman–Crippen MR) is 111 cm³/mol. The normalized spacial score (nSPS) is 11.0. The summed E-state index contributed by atoms with van der Waals surface area (Å²) in [5.74, 6) is 0.526. The van der Waals surface area contributed by atoms with Crippen molar-refractivity contribution in [1.29, 1.82) is 5.26 Å². The first-order chi connectivity index (χ1) is 13.9. The molecule has 1 N–H and O–H groups in total. The van der Waals surface area contributed by atoms with Crippen molar-refractivity contribution >= 4 is 5.91 Å². The van der Waals surface area contributed by atoms with Crippen LogP contribution in [-0.4, -0.2) is 12.5 Å². The van der Waals surface area contributed by atoms with Crippen LogP contribution in [0.5, 0.6) is 5.75 Å². The van der Waals surface area contributed by atoms with Gasteiger partial charge in [-0.1, -0.05) is 49.7 Å². The van der Waals surface area contributed by atoms with E-state index in [1.807, 2.05) is 0 Å². The van der Waals surface area contributed by atoms with Crippen molar-refractivity contribution in [1.82, 2.24) is 5.32 Å². The Labute approximate surface area is 170 Å². The first-order valence-electron chi connectivity index (χ1n) is 9.44. The van der Waals surface area contributed by atoms with Crippen molar-refractivity contribution < 1.29 is 13.9 Å². The molecule has 0 aliphatic heterocycles. The molecule has 0 bridgehead atoms. The molecule has 5 nitrogen and oxygen atoms in total. The third kappa shape index (κ3) is 5.05. The van der Waals surface area contributed by atoms with E-state index >= 15 is 0 Å². The highest BCUT2D eigenvalue weighted by Crippen LogP contribution is 2.23. The molecular formula is C24H24N2O3. The Balaban J connectivity index is 1.62. The van der Waals surface area contributed by atoms with Gasteiger partial charge in [0, 0.05) is 17.5 Å². The van der Waals surface area contributed by atoms with Gasteiger partial charge in [-0.15, -0.1) is 0 Å². The molecule has 0 unspecified atom stereocenters. The van der Waals surface area contributed by atoms with Crippen molar-refractivity contribution in [3.05, 3.63) is 88.9 Å². The lowest BCUT2D eigenvalue weighted by Gasteiger charge is -2.25. The Kier molecular flexibility index (Phi) is 6.04. The number of nitriles is 1. The van der Waals surface area contributed by atoms with Gasteiger partial charge in [0.1, 0.15) is 12.4 Å². The maximum Gasteiger partial charge on any atom is 0.287 e. The predicted octanol–water partition coefficient (Wildman–Crippen LogP) is 4.75. The minimum atomic E-state index is -0.278. The first-order valence-corrected chi connectivity index (χ1v) is 9.44. The Morgan fingerprint density at radius 2 is 1.93 bits per heavy atom. The number of ether oxygens (including phenoxy) is 1. The van der Waals surface area contributed by atoms with E-state index in [1.54, 1.807) is 30.3 Å². The summed E-state index contributed by atoms with van der Waals surface area (Å²) in [6.07, 6.45) is 1.48. The highest BCUT2D eigenvalue weighted by atomic mass is 16.5. The molecule has 3 rings (SSSR count). The van der Waals surface area contributed by atoms with Gasteiger partial charge in [-0.2, -0.15) is 5.26 Å². The number of carbonyl (C=O) groups excluding carboxylic acids is 1. The van der Waals surface area contributed by atoms with E-state index in [2.05, 4.69) is 56.4 Å². The molecule has 0 saturated carbocycles. The first kappa shape index (κ1) is 20.2. The Morgan fingerprint density at radius 3 is 2.66 bits per heavy atom. The van der Waals surface area contributed by atoms with E-state index in [0.717, 1.165) is 5.56 Å². The highest BCUT2D eigenvalue weighted by molar-refractivity contribution is 5.92. The Hall–Kier alpha value is -3.52. The molecule has 0 aliphatic carbocycles. The maximum atomic E-state index is 12.7. The van der Waals surface area contributed by atoms with E-state index in [4.69, 9.17) is 14.4 Å². The van der Waals surface area contributed by atoms with Gasteiger partial charge in [0.2, 0.25) is 0 Å². The molecule has 0 radical (unpaired) electrons. The van der Waals surface area contributed by atoms with E-state index in [0.29, 0.717) is 23.4 Å². The number of carbonyl (C=O) groups is 1. The lowest BCUT2D eigenvalue weighted by Crippen LogP contribution is -2.36. The van der Waals surface area contributed by atoms with Crippen LogP contribution in [-0.2, 0) is 12.0 Å². The van der Waals surface area contributed by atoms with Crippen LogP contribution in [0.1, 0.15) is 46.7 Å². The summed E-state index contributed by atoms with van der Waals surface area (Å²) in [4.78, 5) is 12.7. The fourth-order valence-corrected chi connectivity index (χ4v) is 2.95. The molecule has 0 aliphatic rings. The summed E-state index contributed by atoms with van der Waals surface area (Å²) in [5.41, 5.74) is 3.31. The second-order valence-corrected chi connectivity index (χ2v) is 7.64. The fourth-order valence-electron chi connectivity index (χ4n) is 2.95. The molecule has 0 spiro atoms. The zero-order valence-corrected chi connectivity index (χ0v) is 16.9. The molecule has 5 heteroatoms.